The first-order chi connectivity index (χ1) is 13.2. The molecule has 5 nitrogen and oxygen atoms in total. The monoisotopic (exact) mass is 441 g/mol. The van der Waals surface area contributed by atoms with E-state index in [1.807, 2.05) is 71.0 Å². The zero-order valence-electron chi connectivity index (χ0n) is 16.7. The molecule has 3 rings (SSSR count). The summed E-state index contributed by atoms with van der Waals surface area (Å²) >= 11 is 3.43. The molecule has 6 heteroatoms. The number of aromatic nitrogens is 2. The van der Waals surface area contributed by atoms with Crippen LogP contribution in [-0.4, -0.2) is 22.0 Å². The van der Waals surface area contributed by atoms with E-state index in [2.05, 4.69) is 21.0 Å². The lowest BCUT2D eigenvalue weighted by molar-refractivity contribution is 0.242. The minimum atomic E-state index is -0.355. The van der Waals surface area contributed by atoms with Gasteiger partial charge >= 0.3 is 0 Å². The Kier molecular flexibility index (Phi) is 5.70. The Morgan fingerprint density at radius 1 is 1.18 bits per heavy atom. The zero-order valence-corrected chi connectivity index (χ0v) is 18.3. The molecular formula is C22H24BrN3O2. The predicted molar refractivity (Wildman–Crippen MR) is 118 cm³/mol. The Morgan fingerprint density at radius 2 is 1.89 bits per heavy atom. The summed E-state index contributed by atoms with van der Waals surface area (Å²) in [6.07, 6.45) is 1.70. The second-order valence-electron chi connectivity index (χ2n) is 7.91. The van der Waals surface area contributed by atoms with Crippen molar-refractivity contribution in [2.45, 2.75) is 46.1 Å². The first kappa shape index (κ1) is 20.3. The molecule has 1 heterocycles. The first-order valence-corrected chi connectivity index (χ1v) is 9.99. The number of fused-ring (bicyclic) bond motifs is 1. The Bertz CT molecular complexity index is 1100. The van der Waals surface area contributed by atoms with Gasteiger partial charge < -0.3 is 4.74 Å². The fourth-order valence-corrected chi connectivity index (χ4v) is 3.17. The molecule has 0 radical (unpaired) electrons. The first-order valence-electron chi connectivity index (χ1n) is 9.19. The van der Waals surface area contributed by atoms with Crippen molar-refractivity contribution in [1.82, 2.24) is 9.66 Å². The molecular weight excluding hydrogens is 418 g/mol. The van der Waals surface area contributed by atoms with Crippen LogP contribution in [0.3, 0.4) is 0 Å². The Morgan fingerprint density at radius 3 is 2.57 bits per heavy atom. The SMILES string of the molecule is CC(C)Oc1ccccc1C=Nn1c(C(C)(C)C)nc2ccc(Br)cc2c1=O. The number of halogens is 1. The minimum Gasteiger partial charge on any atom is -0.490 e. The number of hydrogen-bond donors (Lipinski definition) is 0. The van der Waals surface area contributed by atoms with Crippen LogP contribution in [0.4, 0.5) is 0 Å². The van der Waals surface area contributed by atoms with Crippen LogP contribution in [0.15, 0.2) is 56.8 Å². The number of ether oxygens (including phenoxy) is 1. The lowest BCUT2D eigenvalue weighted by Gasteiger charge is -2.21. The predicted octanol–water partition coefficient (Wildman–Crippen LogP) is 5.13. The van der Waals surface area contributed by atoms with E-state index in [4.69, 9.17) is 9.72 Å². The van der Waals surface area contributed by atoms with Gasteiger partial charge in [0.1, 0.15) is 11.6 Å². The van der Waals surface area contributed by atoms with Gasteiger partial charge in [0.05, 0.1) is 23.2 Å². The van der Waals surface area contributed by atoms with Crippen molar-refractivity contribution in [3.63, 3.8) is 0 Å². The summed E-state index contributed by atoms with van der Waals surface area (Å²) in [7, 11) is 0. The third-order valence-electron chi connectivity index (χ3n) is 4.07. The van der Waals surface area contributed by atoms with Gasteiger partial charge in [0.2, 0.25) is 0 Å². The van der Waals surface area contributed by atoms with Crippen molar-refractivity contribution >= 4 is 33.0 Å². The molecule has 0 aliphatic heterocycles. The van der Waals surface area contributed by atoms with Crippen molar-refractivity contribution < 1.29 is 4.74 Å². The van der Waals surface area contributed by atoms with Gasteiger partial charge in [0.25, 0.3) is 5.56 Å². The lowest BCUT2D eigenvalue weighted by Crippen LogP contribution is -2.29. The summed E-state index contributed by atoms with van der Waals surface area (Å²) < 4.78 is 8.06. The molecule has 28 heavy (non-hydrogen) atoms. The number of rotatable bonds is 4. The molecule has 146 valence electrons. The summed E-state index contributed by atoms with van der Waals surface area (Å²) in [6, 6.07) is 13.1. The Labute approximate surface area is 173 Å². The molecule has 0 atom stereocenters. The van der Waals surface area contributed by atoms with Gasteiger partial charge in [-0.3, -0.25) is 4.79 Å². The largest absolute Gasteiger partial charge is 0.490 e. The molecule has 0 saturated carbocycles. The highest BCUT2D eigenvalue weighted by atomic mass is 79.9. The molecule has 0 saturated heterocycles. The van der Waals surface area contributed by atoms with Crippen LogP contribution in [0, 0.1) is 0 Å². The van der Waals surface area contributed by atoms with Crippen molar-refractivity contribution in [2.24, 2.45) is 5.10 Å². The van der Waals surface area contributed by atoms with E-state index in [1.54, 1.807) is 12.3 Å². The average molecular weight is 442 g/mol. The van der Waals surface area contributed by atoms with E-state index in [0.29, 0.717) is 16.7 Å². The summed E-state index contributed by atoms with van der Waals surface area (Å²) in [5.41, 5.74) is 0.909. The van der Waals surface area contributed by atoms with Gasteiger partial charge in [-0.15, -0.1) is 0 Å². The Hall–Kier alpha value is -2.47. The van der Waals surface area contributed by atoms with Crippen LogP contribution in [-0.2, 0) is 5.41 Å². The molecule has 0 aliphatic rings. The van der Waals surface area contributed by atoms with Crippen LogP contribution in [0.2, 0.25) is 0 Å². The van der Waals surface area contributed by atoms with E-state index < -0.39 is 0 Å². The van der Waals surface area contributed by atoms with Crippen molar-refractivity contribution in [1.29, 1.82) is 0 Å². The second kappa shape index (κ2) is 7.87. The second-order valence-corrected chi connectivity index (χ2v) is 8.83. The smallest absolute Gasteiger partial charge is 0.282 e. The van der Waals surface area contributed by atoms with E-state index in [1.165, 1.54) is 4.68 Å². The molecule has 0 aliphatic carbocycles. The summed E-state index contributed by atoms with van der Waals surface area (Å²) in [6.45, 7) is 9.99. The number of para-hydroxylation sites is 1. The highest BCUT2D eigenvalue weighted by Crippen LogP contribution is 2.23. The topological polar surface area (TPSA) is 56.5 Å². The third kappa shape index (κ3) is 4.33. The van der Waals surface area contributed by atoms with E-state index >= 15 is 0 Å². The fraction of sp³-hybridized carbons (Fsp3) is 0.318. The lowest BCUT2D eigenvalue weighted by atomic mass is 9.95. The molecule has 0 bridgehead atoms. The Balaban J connectivity index is 2.19. The summed E-state index contributed by atoms with van der Waals surface area (Å²) in [5, 5.41) is 5.03. The molecule has 1 aromatic heterocycles. The molecule has 0 unspecified atom stereocenters. The van der Waals surface area contributed by atoms with E-state index in [-0.39, 0.29) is 17.1 Å². The highest BCUT2D eigenvalue weighted by molar-refractivity contribution is 9.10. The van der Waals surface area contributed by atoms with Gasteiger partial charge in [-0.05, 0) is 44.2 Å². The van der Waals surface area contributed by atoms with Crippen molar-refractivity contribution in [2.75, 3.05) is 0 Å². The zero-order chi connectivity index (χ0) is 20.5. The van der Waals surface area contributed by atoms with Gasteiger partial charge in [0.15, 0.2) is 0 Å². The minimum absolute atomic E-state index is 0.0436. The van der Waals surface area contributed by atoms with E-state index in [0.717, 1.165) is 15.8 Å². The van der Waals surface area contributed by atoms with Gasteiger partial charge in [-0.1, -0.05) is 48.8 Å². The van der Waals surface area contributed by atoms with Crippen molar-refractivity contribution in [3.8, 4) is 5.75 Å². The van der Waals surface area contributed by atoms with Crippen LogP contribution in [0.1, 0.15) is 46.0 Å². The van der Waals surface area contributed by atoms with Crippen LogP contribution in [0.25, 0.3) is 10.9 Å². The molecule has 0 amide bonds. The molecule has 0 spiro atoms. The van der Waals surface area contributed by atoms with Crippen LogP contribution in [0.5, 0.6) is 5.75 Å². The number of hydrogen-bond acceptors (Lipinski definition) is 4. The molecule has 0 N–H and O–H groups in total. The summed E-state index contributed by atoms with van der Waals surface area (Å²) in [4.78, 5) is 17.9. The maximum atomic E-state index is 13.2. The van der Waals surface area contributed by atoms with Crippen molar-refractivity contribution in [3.05, 3.63) is 68.7 Å². The number of nitrogens with zero attached hydrogens (tertiary/aromatic N) is 3. The third-order valence-corrected chi connectivity index (χ3v) is 4.57. The standard InChI is InChI=1S/C22H24BrN3O2/c1-14(2)28-19-9-7-6-8-15(19)13-24-26-20(27)17-12-16(23)10-11-18(17)25-21(26)22(3,4)5/h6-14H,1-5H3. The summed E-state index contributed by atoms with van der Waals surface area (Å²) in [5.74, 6) is 1.33. The van der Waals surface area contributed by atoms with E-state index in [9.17, 15) is 4.79 Å². The molecule has 0 fully saturated rings. The quantitative estimate of drug-likeness (QED) is 0.527. The normalized spacial score (nSPS) is 12.2. The number of benzene rings is 2. The molecule has 3 aromatic rings. The van der Waals surface area contributed by atoms with Gasteiger partial charge in [-0.2, -0.15) is 9.78 Å². The average Bonchev–Trinajstić information content (AvgIpc) is 2.61. The maximum Gasteiger partial charge on any atom is 0.282 e. The molecule has 2 aromatic carbocycles. The highest BCUT2D eigenvalue weighted by Gasteiger charge is 2.23. The van der Waals surface area contributed by atoms with Gasteiger partial charge in [0, 0.05) is 15.5 Å². The fourth-order valence-electron chi connectivity index (χ4n) is 2.81. The maximum absolute atomic E-state index is 13.2. The van der Waals surface area contributed by atoms with Crippen LogP contribution >= 0.6 is 15.9 Å². The van der Waals surface area contributed by atoms with Crippen LogP contribution < -0.4 is 10.3 Å². The van der Waals surface area contributed by atoms with Gasteiger partial charge in [-0.25, -0.2) is 4.98 Å².